The minimum Gasteiger partial charge on any atom is -0.328 e. The number of hydrogen-bond acceptors (Lipinski definition) is 7. The molecule has 0 amide bonds. The first-order valence-electron chi connectivity index (χ1n) is 10.3. The van der Waals surface area contributed by atoms with Gasteiger partial charge in [0.1, 0.15) is 0 Å². The van der Waals surface area contributed by atoms with E-state index in [0.29, 0.717) is 19.8 Å². The van der Waals surface area contributed by atoms with Crippen LogP contribution >= 0.6 is 16.4 Å². The molecule has 3 N–H and O–H groups in total. The van der Waals surface area contributed by atoms with Crippen LogP contribution < -0.4 is 0 Å². The lowest BCUT2D eigenvalue weighted by Gasteiger charge is -2.18. The highest BCUT2D eigenvalue weighted by Crippen LogP contribution is 2.50. The van der Waals surface area contributed by atoms with E-state index < -0.39 is 16.4 Å². The molecule has 0 rings (SSSR count). The summed E-state index contributed by atoms with van der Waals surface area (Å²) in [5.41, 5.74) is 0. The lowest BCUT2D eigenvalue weighted by molar-refractivity contribution is 0.108. The van der Waals surface area contributed by atoms with Crippen molar-refractivity contribution in [3.8, 4) is 0 Å². The second-order valence-electron chi connectivity index (χ2n) is 6.40. The van der Waals surface area contributed by atoms with Gasteiger partial charge in [-0.05, 0) is 19.3 Å². The molecule has 0 heterocycles. The van der Waals surface area contributed by atoms with Crippen molar-refractivity contribution in [3.63, 3.8) is 0 Å². The highest BCUT2D eigenvalue weighted by atomic mass is 31.2. The Morgan fingerprint density at radius 2 is 0.852 bits per heavy atom. The molecule has 0 atom stereocenters. The van der Waals surface area contributed by atoms with E-state index in [9.17, 15) is 4.57 Å². The van der Waals surface area contributed by atoms with Crippen LogP contribution in [0.15, 0.2) is 0 Å². The first-order chi connectivity index (χ1) is 12.9. The Kier molecular flexibility index (Phi) is 24.9. The second kappa shape index (κ2) is 22.7. The predicted octanol–water partition coefficient (Wildman–Crippen LogP) is 6.08. The van der Waals surface area contributed by atoms with Crippen LogP contribution in [0.2, 0.25) is 0 Å². The summed E-state index contributed by atoms with van der Waals surface area (Å²) in [4.78, 5) is 21.7. The molecule has 0 bridgehead atoms. The summed E-state index contributed by atoms with van der Waals surface area (Å²) in [6.45, 7) is 7.89. The Bertz CT molecular complexity index is 285. The van der Waals surface area contributed by atoms with E-state index in [2.05, 4.69) is 20.8 Å². The Morgan fingerprint density at radius 3 is 1.07 bits per heavy atom. The molecular formula is C18H42O7P2. The van der Waals surface area contributed by atoms with Gasteiger partial charge in [-0.2, -0.15) is 0 Å². The summed E-state index contributed by atoms with van der Waals surface area (Å²) < 4.78 is 29.1. The standard InChI is InChI=1S/C18H39O4P.H3O3P/c1-4-7-10-13-16-20-23(19,21-17-14-11-8-5-2)22-18-15-12-9-6-3;1-4(2)3/h4-18H2,1-3H3;1-3H. The molecular weight excluding hydrogens is 390 g/mol. The molecule has 0 saturated heterocycles. The van der Waals surface area contributed by atoms with Gasteiger partial charge in [-0.15, -0.1) is 0 Å². The largest absolute Gasteiger partial charge is 0.474 e. The predicted molar refractivity (Wildman–Crippen MR) is 111 cm³/mol. The van der Waals surface area contributed by atoms with E-state index in [1.54, 1.807) is 0 Å². The van der Waals surface area contributed by atoms with E-state index in [-0.39, 0.29) is 0 Å². The van der Waals surface area contributed by atoms with Crippen molar-refractivity contribution in [3.05, 3.63) is 0 Å². The number of unbranched alkanes of at least 4 members (excludes halogenated alkanes) is 9. The molecule has 166 valence electrons. The van der Waals surface area contributed by atoms with Crippen molar-refractivity contribution in [2.24, 2.45) is 0 Å². The Labute approximate surface area is 167 Å². The lowest BCUT2D eigenvalue weighted by atomic mass is 10.2. The van der Waals surface area contributed by atoms with Gasteiger partial charge >= 0.3 is 16.4 Å². The summed E-state index contributed by atoms with van der Waals surface area (Å²) in [6.07, 6.45) is 13.1. The molecule has 0 unspecified atom stereocenters. The van der Waals surface area contributed by atoms with Crippen LogP contribution in [0.3, 0.4) is 0 Å². The quantitative estimate of drug-likeness (QED) is 0.178. The molecule has 0 radical (unpaired) electrons. The van der Waals surface area contributed by atoms with Crippen LogP contribution in [0.25, 0.3) is 0 Å². The fourth-order valence-corrected chi connectivity index (χ4v) is 3.51. The molecule has 7 nitrogen and oxygen atoms in total. The number of rotatable bonds is 18. The van der Waals surface area contributed by atoms with Crippen molar-refractivity contribution in [1.29, 1.82) is 0 Å². The van der Waals surface area contributed by atoms with Gasteiger partial charge in [-0.25, -0.2) is 4.57 Å². The van der Waals surface area contributed by atoms with Gasteiger partial charge in [-0.1, -0.05) is 78.6 Å². The normalized spacial score (nSPS) is 11.5. The number of phosphoric ester groups is 1. The highest BCUT2D eigenvalue weighted by molar-refractivity contribution is 7.48. The smallest absolute Gasteiger partial charge is 0.328 e. The minimum atomic E-state index is -3.37. The van der Waals surface area contributed by atoms with Gasteiger partial charge in [0.15, 0.2) is 0 Å². The average molecular weight is 432 g/mol. The third-order valence-electron chi connectivity index (χ3n) is 3.74. The first kappa shape index (κ1) is 29.6. The molecule has 27 heavy (non-hydrogen) atoms. The van der Waals surface area contributed by atoms with Crippen LogP contribution in [0, 0.1) is 0 Å². The van der Waals surface area contributed by atoms with E-state index in [4.69, 9.17) is 28.3 Å². The van der Waals surface area contributed by atoms with Gasteiger partial charge in [-0.3, -0.25) is 13.6 Å². The van der Waals surface area contributed by atoms with Gasteiger partial charge in [0.05, 0.1) is 19.8 Å². The van der Waals surface area contributed by atoms with E-state index in [1.807, 2.05) is 0 Å². The molecule has 0 aromatic heterocycles. The SMILES string of the molecule is CCCCCCOP(=O)(OCCCCCC)OCCCCCC.OP(O)O. The van der Waals surface area contributed by atoms with E-state index >= 15 is 0 Å². The maximum atomic E-state index is 12.6. The van der Waals surface area contributed by atoms with Gasteiger partial charge in [0, 0.05) is 0 Å². The maximum Gasteiger partial charge on any atom is 0.474 e. The molecule has 0 spiro atoms. The van der Waals surface area contributed by atoms with E-state index in [1.165, 1.54) is 38.5 Å². The van der Waals surface area contributed by atoms with Crippen LogP contribution in [0.4, 0.5) is 0 Å². The summed E-state index contributed by atoms with van der Waals surface area (Å²) in [7, 11) is -5.99. The van der Waals surface area contributed by atoms with Gasteiger partial charge in [0.2, 0.25) is 0 Å². The Morgan fingerprint density at radius 1 is 0.593 bits per heavy atom. The summed E-state index contributed by atoms with van der Waals surface area (Å²) >= 11 is 0. The molecule has 0 aromatic carbocycles. The van der Waals surface area contributed by atoms with Crippen molar-refractivity contribution >= 4 is 16.4 Å². The number of phosphoric acid groups is 1. The molecule has 0 aliphatic rings. The second-order valence-corrected chi connectivity index (χ2v) is 8.60. The summed E-state index contributed by atoms with van der Waals surface area (Å²) in [5, 5.41) is 0. The molecule has 0 aliphatic carbocycles. The van der Waals surface area contributed by atoms with Crippen molar-refractivity contribution < 1.29 is 32.8 Å². The fraction of sp³-hybridized carbons (Fsp3) is 1.00. The number of hydrogen-bond donors (Lipinski definition) is 3. The Balaban J connectivity index is 0. The van der Waals surface area contributed by atoms with Crippen molar-refractivity contribution in [2.75, 3.05) is 19.8 Å². The third-order valence-corrected chi connectivity index (χ3v) is 5.24. The monoisotopic (exact) mass is 432 g/mol. The summed E-state index contributed by atoms with van der Waals surface area (Å²) in [6, 6.07) is 0. The average Bonchev–Trinajstić information content (AvgIpc) is 2.61. The molecule has 0 fully saturated rings. The molecule has 0 saturated carbocycles. The van der Waals surface area contributed by atoms with Gasteiger partial charge < -0.3 is 14.7 Å². The van der Waals surface area contributed by atoms with Crippen LogP contribution in [0.5, 0.6) is 0 Å². The molecule has 0 aliphatic heterocycles. The summed E-state index contributed by atoms with van der Waals surface area (Å²) in [5.74, 6) is 0. The van der Waals surface area contributed by atoms with E-state index in [0.717, 1.165) is 38.5 Å². The van der Waals surface area contributed by atoms with Crippen molar-refractivity contribution in [2.45, 2.75) is 97.8 Å². The molecule has 9 heteroatoms. The fourth-order valence-electron chi connectivity index (χ4n) is 2.23. The van der Waals surface area contributed by atoms with Crippen molar-refractivity contribution in [1.82, 2.24) is 0 Å². The zero-order valence-electron chi connectivity index (χ0n) is 17.5. The van der Waals surface area contributed by atoms with Gasteiger partial charge in [0.25, 0.3) is 0 Å². The minimum absolute atomic E-state index is 0.460. The zero-order chi connectivity index (χ0) is 20.8. The van der Waals surface area contributed by atoms with Crippen LogP contribution in [-0.4, -0.2) is 34.5 Å². The maximum absolute atomic E-state index is 12.6. The van der Waals surface area contributed by atoms with Crippen LogP contribution in [0.1, 0.15) is 97.8 Å². The highest BCUT2D eigenvalue weighted by Gasteiger charge is 2.26. The Hall–Kier alpha value is 0.420. The van der Waals surface area contributed by atoms with Crippen LogP contribution in [-0.2, 0) is 18.1 Å². The lowest BCUT2D eigenvalue weighted by Crippen LogP contribution is -2.04. The zero-order valence-corrected chi connectivity index (χ0v) is 19.3. The third kappa shape index (κ3) is 26.4. The first-order valence-corrected chi connectivity index (χ1v) is 13.0. The molecule has 0 aromatic rings. The topological polar surface area (TPSA) is 105 Å².